The first-order valence-corrected chi connectivity index (χ1v) is 14.4. The molecule has 0 saturated heterocycles. The Morgan fingerprint density at radius 1 is 0.762 bits per heavy atom. The summed E-state index contributed by atoms with van der Waals surface area (Å²) in [4.78, 5) is 0. The van der Waals surface area contributed by atoms with Crippen LogP contribution in [0.25, 0.3) is 28.3 Å². The van der Waals surface area contributed by atoms with Crippen LogP contribution in [0.4, 0.5) is 22.0 Å². The molecule has 1 fully saturated rings. The van der Waals surface area contributed by atoms with E-state index < -0.39 is 34.7 Å². The molecule has 5 rings (SSSR count). The SMILES string of the molecule is CCC=Cc1ccc(C(F)(F)OC2CCC(c3ccc(-c4ccc(-c5cc(F)c(Cl)c(F)c5)c(F)c4)cc3)CC2)cc1. The summed E-state index contributed by atoms with van der Waals surface area (Å²) in [5.74, 6) is -2.31. The largest absolute Gasteiger partial charge is 0.383 e. The molecule has 0 radical (unpaired) electrons. The highest BCUT2D eigenvalue weighted by Gasteiger charge is 2.37. The molecule has 4 aromatic rings. The van der Waals surface area contributed by atoms with Crippen LogP contribution in [0.3, 0.4) is 0 Å². The van der Waals surface area contributed by atoms with E-state index >= 15 is 0 Å². The summed E-state index contributed by atoms with van der Waals surface area (Å²) < 4.78 is 77.6. The fourth-order valence-corrected chi connectivity index (χ4v) is 5.53. The fourth-order valence-electron chi connectivity index (χ4n) is 5.42. The van der Waals surface area contributed by atoms with Gasteiger partial charge in [0.25, 0.3) is 0 Å². The van der Waals surface area contributed by atoms with Gasteiger partial charge in [0.1, 0.15) is 22.5 Å². The summed E-state index contributed by atoms with van der Waals surface area (Å²) in [5, 5.41) is -0.629. The Hall–Kier alpha value is -3.48. The highest BCUT2D eigenvalue weighted by Crippen LogP contribution is 2.40. The summed E-state index contributed by atoms with van der Waals surface area (Å²) in [6.45, 7) is 2.01. The minimum absolute atomic E-state index is 0.0592. The van der Waals surface area contributed by atoms with Crippen molar-refractivity contribution in [3.8, 4) is 22.3 Å². The molecule has 0 spiro atoms. The van der Waals surface area contributed by atoms with E-state index in [1.807, 2.05) is 43.3 Å². The number of allylic oxidation sites excluding steroid dienone is 1. The lowest BCUT2D eigenvalue weighted by Crippen LogP contribution is -2.29. The van der Waals surface area contributed by atoms with Gasteiger partial charge in [-0.05, 0) is 96.2 Å². The number of hydrogen-bond acceptors (Lipinski definition) is 1. The predicted octanol–water partition coefficient (Wildman–Crippen LogP) is 11.3. The molecule has 1 aliphatic rings. The molecule has 4 aromatic carbocycles. The summed E-state index contributed by atoms with van der Waals surface area (Å²) in [5.41, 5.74) is 3.34. The standard InChI is InChI=1S/C35H30ClF5O/c1-2-3-4-22-5-14-28(15-6-22)35(40,41)42-29-16-11-24(12-17-29)23-7-9-25(10-8-23)26-13-18-30(31(37)19-26)27-20-32(38)34(36)33(39)21-27/h3-10,13-15,18-21,24,29H,2,11-12,16-17H2,1H3. The second kappa shape index (κ2) is 12.8. The van der Waals surface area contributed by atoms with E-state index in [9.17, 15) is 22.0 Å². The summed E-state index contributed by atoms with van der Waals surface area (Å²) in [6, 6.07) is 20.4. The highest BCUT2D eigenvalue weighted by atomic mass is 35.5. The van der Waals surface area contributed by atoms with Crippen molar-refractivity contribution in [2.45, 2.75) is 57.2 Å². The zero-order valence-corrected chi connectivity index (χ0v) is 23.8. The normalized spacial score (nSPS) is 17.6. The molecular weight excluding hydrogens is 567 g/mol. The maximum Gasteiger partial charge on any atom is 0.383 e. The fraction of sp³-hybridized carbons (Fsp3) is 0.257. The van der Waals surface area contributed by atoms with Crippen molar-refractivity contribution < 1.29 is 26.7 Å². The predicted molar refractivity (Wildman–Crippen MR) is 158 cm³/mol. The third-order valence-corrected chi connectivity index (χ3v) is 8.12. The lowest BCUT2D eigenvalue weighted by molar-refractivity contribution is -0.277. The number of ether oxygens (including phenoxy) is 1. The van der Waals surface area contributed by atoms with Crippen molar-refractivity contribution in [2.24, 2.45) is 0 Å². The van der Waals surface area contributed by atoms with E-state index in [1.54, 1.807) is 18.2 Å². The highest BCUT2D eigenvalue weighted by molar-refractivity contribution is 6.31. The van der Waals surface area contributed by atoms with Crippen molar-refractivity contribution >= 4 is 17.7 Å². The van der Waals surface area contributed by atoms with Crippen LogP contribution in [0.2, 0.25) is 5.02 Å². The van der Waals surface area contributed by atoms with Crippen LogP contribution < -0.4 is 0 Å². The van der Waals surface area contributed by atoms with Crippen LogP contribution in [-0.2, 0) is 10.8 Å². The Morgan fingerprint density at radius 2 is 1.36 bits per heavy atom. The van der Waals surface area contributed by atoms with Gasteiger partial charge in [-0.25, -0.2) is 13.2 Å². The molecule has 1 saturated carbocycles. The molecule has 0 amide bonds. The second-order valence-corrected chi connectivity index (χ2v) is 11.0. The van der Waals surface area contributed by atoms with E-state index in [2.05, 4.69) is 0 Å². The van der Waals surface area contributed by atoms with E-state index in [0.29, 0.717) is 18.4 Å². The average Bonchev–Trinajstić information content (AvgIpc) is 2.99. The molecule has 0 unspecified atom stereocenters. The van der Waals surface area contributed by atoms with Crippen LogP contribution in [0.15, 0.2) is 84.9 Å². The third kappa shape index (κ3) is 6.77. The molecule has 0 heterocycles. The van der Waals surface area contributed by atoms with E-state index in [4.69, 9.17) is 16.3 Å². The molecule has 0 bridgehead atoms. The van der Waals surface area contributed by atoms with Gasteiger partial charge >= 0.3 is 6.11 Å². The minimum atomic E-state index is -3.35. The van der Waals surface area contributed by atoms with Crippen LogP contribution in [0.1, 0.15) is 61.6 Å². The van der Waals surface area contributed by atoms with Gasteiger partial charge in [0, 0.05) is 5.56 Å². The van der Waals surface area contributed by atoms with Gasteiger partial charge in [0.05, 0.1) is 11.7 Å². The topological polar surface area (TPSA) is 9.23 Å². The van der Waals surface area contributed by atoms with Crippen LogP contribution in [0, 0.1) is 17.5 Å². The molecule has 42 heavy (non-hydrogen) atoms. The summed E-state index contributed by atoms with van der Waals surface area (Å²) in [7, 11) is 0. The molecule has 0 N–H and O–H groups in total. The molecular formula is C35H30ClF5O. The Kier molecular flexibility index (Phi) is 9.14. The van der Waals surface area contributed by atoms with Crippen molar-refractivity contribution in [1.29, 1.82) is 0 Å². The number of hydrogen-bond donors (Lipinski definition) is 0. The number of halogens is 6. The Labute approximate surface area is 247 Å². The molecule has 218 valence electrons. The quantitative estimate of drug-likeness (QED) is 0.145. The first-order valence-electron chi connectivity index (χ1n) is 14.0. The molecule has 7 heteroatoms. The molecule has 1 nitrogen and oxygen atoms in total. The maximum absolute atomic E-state index is 14.9. The Bertz CT molecular complexity index is 1530. The zero-order chi connectivity index (χ0) is 29.9. The summed E-state index contributed by atoms with van der Waals surface area (Å²) in [6.07, 6.45) is 3.37. The first-order chi connectivity index (χ1) is 20.1. The Balaban J connectivity index is 1.19. The van der Waals surface area contributed by atoms with E-state index in [1.165, 1.54) is 24.3 Å². The lowest BCUT2D eigenvalue weighted by atomic mass is 9.82. The van der Waals surface area contributed by atoms with Crippen molar-refractivity contribution in [3.63, 3.8) is 0 Å². The van der Waals surface area contributed by atoms with Crippen molar-refractivity contribution in [1.82, 2.24) is 0 Å². The lowest BCUT2D eigenvalue weighted by Gasteiger charge is -2.31. The van der Waals surface area contributed by atoms with Gasteiger partial charge in [-0.2, -0.15) is 8.78 Å². The average molecular weight is 597 g/mol. The monoisotopic (exact) mass is 596 g/mol. The first kappa shape index (κ1) is 30.0. The van der Waals surface area contributed by atoms with Gasteiger partial charge in [-0.3, -0.25) is 0 Å². The summed E-state index contributed by atoms with van der Waals surface area (Å²) >= 11 is 5.54. The van der Waals surface area contributed by atoms with Crippen molar-refractivity contribution in [2.75, 3.05) is 0 Å². The van der Waals surface area contributed by atoms with Crippen LogP contribution in [-0.4, -0.2) is 6.10 Å². The molecule has 1 aliphatic carbocycles. The molecule has 0 aromatic heterocycles. The molecule has 0 atom stereocenters. The minimum Gasteiger partial charge on any atom is -0.313 e. The van der Waals surface area contributed by atoms with E-state index in [-0.39, 0.29) is 22.6 Å². The number of rotatable bonds is 8. The van der Waals surface area contributed by atoms with Gasteiger partial charge in [-0.15, -0.1) is 0 Å². The van der Waals surface area contributed by atoms with Gasteiger partial charge in [0.2, 0.25) is 0 Å². The van der Waals surface area contributed by atoms with Crippen LogP contribution >= 0.6 is 11.6 Å². The van der Waals surface area contributed by atoms with Gasteiger partial charge in [0.15, 0.2) is 0 Å². The number of benzene rings is 4. The molecule has 0 aliphatic heterocycles. The Morgan fingerprint density at radius 3 is 1.95 bits per heavy atom. The third-order valence-electron chi connectivity index (χ3n) is 7.76. The second-order valence-electron chi connectivity index (χ2n) is 10.6. The maximum atomic E-state index is 14.9. The number of alkyl halides is 2. The van der Waals surface area contributed by atoms with Crippen molar-refractivity contribution in [3.05, 3.63) is 124 Å². The smallest absolute Gasteiger partial charge is 0.313 e. The van der Waals surface area contributed by atoms with Crippen LogP contribution in [0.5, 0.6) is 0 Å². The van der Waals surface area contributed by atoms with Gasteiger partial charge in [-0.1, -0.05) is 79.2 Å². The zero-order valence-electron chi connectivity index (χ0n) is 23.0. The van der Waals surface area contributed by atoms with E-state index in [0.717, 1.165) is 48.1 Å². The van der Waals surface area contributed by atoms with Gasteiger partial charge < -0.3 is 4.74 Å².